The van der Waals surface area contributed by atoms with Crippen LogP contribution >= 0.6 is 0 Å². The van der Waals surface area contributed by atoms with Gasteiger partial charge in [-0.25, -0.2) is 13.2 Å². The molecular formula is C22H17F6N3. The molecule has 0 N–H and O–H groups in total. The number of rotatable bonds is 2. The second-order valence-corrected chi connectivity index (χ2v) is 7.54. The average Bonchev–Trinajstić information content (AvgIpc) is 2.89. The lowest BCUT2D eigenvalue weighted by Crippen LogP contribution is -2.18. The van der Waals surface area contributed by atoms with Crippen LogP contribution in [0.15, 0.2) is 42.5 Å². The van der Waals surface area contributed by atoms with Crippen molar-refractivity contribution in [3.05, 3.63) is 82.3 Å². The second kappa shape index (κ2) is 7.96. The number of aromatic nitrogens is 2. The number of hydrogen-bond acceptors (Lipinski definition) is 3. The molecule has 4 rings (SSSR count). The van der Waals surface area contributed by atoms with Gasteiger partial charge >= 0.3 is 6.18 Å². The minimum absolute atomic E-state index is 0.00580. The normalized spacial score (nSPS) is 17.3. The Morgan fingerprint density at radius 1 is 0.935 bits per heavy atom. The van der Waals surface area contributed by atoms with E-state index in [1.165, 1.54) is 6.07 Å². The highest BCUT2D eigenvalue weighted by molar-refractivity contribution is 5.62. The van der Waals surface area contributed by atoms with Crippen LogP contribution in [0.1, 0.15) is 34.7 Å². The topological polar surface area (TPSA) is 29.0 Å². The van der Waals surface area contributed by atoms with Crippen molar-refractivity contribution >= 4 is 0 Å². The largest absolute Gasteiger partial charge is 0.435 e. The number of halogens is 6. The Morgan fingerprint density at radius 2 is 1.71 bits per heavy atom. The fourth-order valence-electron chi connectivity index (χ4n) is 3.91. The van der Waals surface area contributed by atoms with Crippen molar-refractivity contribution in [1.82, 2.24) is 15.1 Å². The van der Waals surface area contributed by atoms with Crippen LogP contribution < -0.4 is 0 Å². The number of hydrogen-bond donors (Lipinski definition) is 0. The van der Waals surface area contributed by atoms with Gasteiger partial charge in [-0.15, -0.1) is 10.2 Å². The minimum atomic E-state index is -4.65. The molecule has 0 bridgehead atoms. The molecule has 1 aliphatic heterocycles. The summed E-state index contributed by atoms with van der Waals surface area (Å²) < 4.78 is 82.0. The number of alkyl halides is 3. The van der Waals surface area contributed by atoms with E-state index in [4.69, 9.17) is 0 Å². The van der Waals surface area contributed by atoms with Gasteiger partial charge in [0.15, 0.2) is 5.69 Å². The Bertz CT molecular complexity index is 1110. The van der Waals surface area contributed by atoms with Gasteiger partial charge in [0.05, 0.1) is 5.69 Å². The summed E-state index contributed by atoms with van der Waals surface area (Å²) >= 11 is 0. The van der Waals surface area contributed by atoms with Crippen molar-refractivity contribution in [2.24, 2.45) is 0 Å². The minimum Gasteiger partial charge on any atom is -0.302 e. The average molecular weight is 437 g/mol. The summed E-state index contributed by atoms with van der Waals surface area (Å²) in [6.45, 7) is 0.723. The summed E-state index contributed by atoms with van der Waals surface area (Å²) in [5.41, 5.74) is -0.309. The van der Waals surface area contributed by atoms with Crippen LogP contribution in [-0.2, 0) is 12.7 Å². The summed E-state index contributed by atoms with van der Waals surface area (Å²) in [5.74, 6) is -2.41. The van der Waals surface area contributed by atoms with Crippen LogP contribution in [0.25, 0.3) is 11.3 Å². The lowest BCUT2D eigenvalue weighted by atomic mass is 9.85. The summed E-state index contributed by atoms with van der Waals surface area (Å²) in [6.07, 6.45) is -4.20. The van der Waals surface area contributed by atoms with Crippen molar-refractivity contribution in [2.75, 3.05) is 13.6 Å². The molecule has 0 fully saturated rings. The number of fused-ring (bicyclic) bond motifs is 1. The van der Waals surface area contributed by atoms with Gasteiger partial charge in [-0.1, -0.05) is 6.07 Å². The molecule has 1 aromatic heterocycles. The van der Waals surface area contributed by atoms with E-state index in [1.54, 1.807) is 13.1 Å². The van der Waals surface area contributed by atoms with Gasteiger partial charge < -0.3 is 4.90 Å². The zero-order valence-corrected chi connectivity index (χ0v) is 16.3. The van der Waals surface area contributed by atoms with Crippen LogP contribution in [0.4, 0.5) is 26.3 Å². The van der Waals surface area contributed by atoms with Gasteiger partial charge in [0, 0.05) is 23.6 Å². The third kappa shape index (κ3) is 4.14. The monoisotopic (exact) mass is 437 g/mol. The number of nitrogens with zero attached hydrogens (tertiary/aromatic N) is 3. The fourth-order valence-corrected chi connectivity index (χ4v) is 3.91. The highest BCUT2D eigenvalue weighted by atomic mass is 19.4. The first-order valence-corrected chi connectivity index (χ1v) is 9.51. The fraction of sp³-hybridized carbons (Fsp3) is 0.273. The molecule has 1 aliphatic rings. The zero-order valence-electron chi connectivity index (χ0n) is 16.3. The third-order valence-electron chi connectivity index (χ3n) is 5.45. The van der Waals surface area contributed by atoms with E-state index in [1.807, 2.05) is 4.90 Å². The molecule has 0 saturated carbocycles. The summed E-state index contributed by atoms with van der Waals surface area (Å²) in [4.78, 5) is 1.85. The molecule has 0 saturated heterocycles. The molecule has 2 heterocycles. The zero-order chi connectivity index (χ0) is 22.3. The highest BCUT2D eigenvalue weighted by Crippen LogP contribution is 2.39. The van der Waals surface area contributed by atoms with Crippen LogP contribution in [0.2, 0.25) is 0 Å². The van der Waals surface area contributed by atoms with E-state index < -0.39 is 35.2 Å². The van der Waals surface area contributed by atoms with E-state index in [9.17, 15) is 22.0 Å². The van der Waals surface area contributed by atoms with E-state index >= 15 is 4.39 Å². The summed E-state index contributed by atoms with van der Waals surface area (Å²) in [5, 5.41) is 6.69. The SMILES string of the molecule is CN1CCC(c2cc(F)ccc2F)c2ccc(-c3ccc(C(F)(F)F)nn3)c(F)c2C1. The molecule has 1 atom stereocenters. The van der Waals surface area contributed by atoms with Gasteiger partial charge in [0.1, 0.15) is 17.5 Å². The van der Waals surface area contributed by atoms with Crippen LogP contribution in [0.3, 0.4) is 0 Å². The first kappa shape index (κ1) is 21.3. The van der Waals surface area contributed by atoms with Crippen LogP contribution in [0.5, 0.6) is 0 Å². The third-order valence-corrected chi connectivity index (χ3v) is 5.45. The van der Waals surface area contributed by atoms with Crippen molar-refractivity contribution in [3.63, 3.8) is 0 Å². The van der Waals surface area contributed by atoms with Gasteiger partial charge in [0.25, 0.3) is 0 Å². The Hall–Kier alpha value is -2.94. The van der Waals surface area contributed by atoms with E-state index in [0.29, 0.717) is 18.5 Å². The lowest BCUT2D eigenvalue weighted by molar-refractivity contribution is -0.141. The Kier molecular flexibility index (Phi) is 5.47. The molecule has 9 heteroatoms. The van der Waals surface area contributed by atoms with Crippen molar-refractivity contribution in [2.45, 2.75) is 25.1 Å². The smallest absolute Gasteiger partial charge is 0.302 e. The summed E-state index contributed by atoms with van der Waals surface area (Å²) in [7, 11) is 1.78. The van der Waals surface area contributed by atoms with E-state index in [2.05, 4.69) is 10.2 Å². The molecule has 0 radical (unpaired) electrons. The number of benzene rings is 2. The molecule has 0 spiro atoms. The molecule has 0 aliphatic carbocycles. The molecular weight excluding hydrogens is 420 g/mol. The quantitative estimate of drug-likeness (QED) is 0.493. The molecule has 31 heavy (non-hydrogen) atoms. The highest BCUT2D eigenvalue weighted by Gasteiger charge is 2.33. The standard InChI is InChI=1S/C22H17F6N3/c1-31-9-8-14(16-10-12(23)2-5-18(16)24)13-3-4-15(21(25)17(13)11-31)19-6-7-20(30-29-19)22(26,27)28/h2-7,10,14H,8-9,11H2,1H3. The molecule has 3 nitrogen and oxygen atoms in total. The summed E-state index contributed by atoms with van der Waals surface area (Å²) in [6, 6.07) is 7.97. The first-order chi connectivity index (χ1) is 14.6. The molecule has 0 amide bonds. The molecule has 2 aromatic carbocycles. The Balaban J connectivity index is 1.81. The second-order valence-electron chi connectivity index (χ2n) is 7.54. The molecule has 162 valence electrons. The first-order valence-electron chi connectivity index (χ1n) is 9.51. The predicted octanol–water partition coefficient (Wildman–Crippen LogP) is 5.55. The molecule has 1 unspecified atom stereocenters. The maximum atomic E-state index is 15.5. The van der Waals surface area contributed by atoms with Gasteiger partial charge in [-0.2, -0.15) is 13.2 Å². The van der Waals surface area contributed by atoms with Gasteiger partial charge in [-0.05, 0) is 67.5 Å². The van der Waals surface area contributed by atoms with E-state index in [-0.39, 0.29) is 28.9 Å². The Morgan fingerprint density at radius 3 is 2.39 bits per heavy atom. The molecule has 3 aromatic rings. The van der Waals surface area contributed by atoms with Crippen LogP contribution in [0, 0.1) is 17.5 Å². The Labute approximate surface area is 174 Å². The van der Waals surface area contributed by atoms with Crippen molar-refractivity contribution < 1.29 is 26.3 Å². The van der Waals surface area contributed by atoms with E-state index in [0.717, 1.165) is 30.3 Å². The van der Waals surface area contributed by atoms with Crippen molar-refractivity contribution in [1.29, 1.82) is 0 Å². The van der Waals surface area contributed by atoms with Gasteiger partial charge in [0.2, 0.25) is 0 Å². The maximum Gasteiger partial charge on any atom is 0.435 e. The maximum absolute atomic E-state index is 15.5. The van der Waals surface area contributed by atoms with Gasteiger partial charge in [-0.3, -0.25) is 0 Å². The predicted molar refractivity (Wildman–Crippen MR) is 102 cm³/mol. The van der Waals surface area contributed by atoms with Crippen LogP contribution in [-0.4, -0.2) is 28.7 Å². The lowest BCUT2D eigenvalue weighted by Gasteiger charge is -2.20. The van der Waals surface area contributed by atoms with Crippen molar-refractivity contribution in [3.8, 4) is 11.3 Å².